The van der Waals surface area contributed by atoms with Gasteiger partial charge in [-0.15, -0.1) is 0 Å². The number of benzene rings is 2. The zero-order valence-corrected chi connectivity index (χ0v) is 22.3. The van der Waals surface area contributed by atoms with Crippen molar-refractivity contribution in [2.75, 3.05) is 45.2 Å². The van der Waals surface area contributed by atoms with Crippen LogP contribution in [0.4, 0.5) is 10.2 Å². The van der Waals surface area contributed by atoms with Crippen molar-refractivity contribution < 1.29 is 4.39 Å². The van der Waals surface area contributed by atoms with Crippen molar-refractivity contribution in [3.63, 3.8) is 0 Å². The third-order valence-corrected chi connectivity index (χ3v) is 8.59. The smallest absolute Gasteiger partial charge is 0.158 e. The van der Waals surface area contributed by atoms with E-state index in [4.69, 9.17) is 44.9 Å². The Morgan fingerprint density at radius 3 is 2.53 bits per heavy atom. The molecule has 2 aromatic carbocycles. The number of fused-ring (bicyclic) bond motifs is 3. The summed E-state index contributed by atoms with van der Waals surface area (Å²) in [6, 6.07) is 7.57. The molecule has 0 spiro atoms. The molecule has 36 heavy (non-hydrogen) atoms. The van der Waals surface area contributed by atoms with Gasteiger partial charge in [-0.05, 0) is 52.2 Å². The average molecular weight is 548 g/mol. The maximum Gasteiger partial charge on any atom is 0.158 e. The highest BCUT2D eigenvalue weighted by atomic mass is 35.5. The summed E-state index contributed by atoms with van der Waals surface area (Å²) in [6.07, 6.45) is 3.78. The molecule has 4 heterocycles. The molecule has 10 heteroatoms. The van der Waals surface area contributed by atoms with Crippen LogP contribution in [0.5, 0.6) is 0 Å². The first-order valence-corrected chi connectivity index (χ1v) is 13.2. The van der Waals surface area contributed by atoms with Crippen LogP contribution in [0.1, 0.15) is 18.9 Å². The number of likely N-dealkylation sites (N-methyl/N-ethyl adjacent to an activating group) is 1. The molecule has 0 unspecified atom stereocenters. The van der Waals surface area contributed by atoms with Gasteiger partial charge in [0, 0.05) is 35.6 Å². The quantitative estimate of drug-likeness (QED) is 0.338. The fraction of sp³-hybridized carbons (Fsp3) is 0.385. The van der Waals surface area contributed by atoms with Crippen molar-refractivity contribution in [1.29, 1.82) is 0 Å². The molecule has 0 bridgehead atoms. The van der Waals surface area contributed by atoms with E-state index in [0.29, 0.717) is 22.0 Å². The lowest BCUT2D eigenvalue weighted by molar-refractivity contribution is 0.246. The molecule has 0 amide bonds. The number of piperidine rings is 1. The van der Waals surface area contributed by atoms with Gasteiger partial charge in [-0.2, -0.15) is 5.10 Å². The van der Waals surface area contributed by atoms with Crippen LogP contribution >= 0.6 is 34.8 Å². The summed E-state index contributed by atoms with van der Waals surface area (Å²) in [5.41, 5.74) is 1.79. The summed E-state index contributed by atoms with van der Waals surface area (Å²) in [5.74, 6) is 0.243. The number of hydrogen-bond donors (Lipinski definition) is 1. The Morgan fingerprint density at radius 2 is 1.81 bits per heavy atom. The summed E-state index contributed by atoms with van der Waals surface area (Å²) < 4.78 is 18.4. The minimum atomic E-state index is -0.507. The molecule has 4 aromatic rings. The van der Waals surface area contributed by atoms with Gasteiger partial charge < -0.3 is 15.1 Å². The molecule has 6 nitrogen and oxygen atoms in total. The Kier molecular flexibility index (Phi) is 6.25. The van der Waals surface area contributed by atoms with Crippen molar-refractivity contribution in [2.45, 2.75) is 24.9 Å². The molecule has 6 rings (SSSR count). The first-order chi connectivity index (χ1) is 17.3. The first-order valence-electron chi connectivity index (χ1n) is 12.1. The van der Waals surface area contributed by atoms with Crippen molar-refractivity contribution in [3.05, 3.63) is 51.3 Å². The summed E-state index contributed by atoms with van der Waals surface area (Å²) in [5, 5.41) is 10.6. The number of nitrogens with one attached hydrogen (secondary N) is 1. The van der Waals surface area contributed by atoms with E-state index in [1.807, 2.05) is 6.20 Å². The molecule has 0 aliphatic carbocycles. The normalized spacial score (nSPS) is 17.5. The lowest BCUT2D eigenvalue weighted by atomic mass is 10.00. The number of halogens is 4. The van der Waals surface area contributed by atoms with Gasteiger partial charge in [-0.3, -0.25) is 4.68 Å². The highest BCUT2D eigenvalue weighted by Crippen LogP contribution is 2.44. The summed E-state index contributed by atoms with van der Waals surface area (Å²) in [6.45, 7) is 3.48. The van der Waals surface area contributed by atoms with Gasteiger partial charge >= 0.3 is 0 Å². The summed E-state index contributed by atoms with van der Waals surface area (Å²) in [4.78, 5) is 9.29. The third kappa shape index (κ3) is 3.84. The third-order valence-electron chi connectivity index (χ3n) is 7.47. The monoisotopic (exact) mass is 546 g/mol. The first kappa shape index (κ1) is 24.2. The highest BCUT2D eigenvalue weighted by molar-refractivity contribution is 6.44. The fourth-order valence-corrected chi connectivity index (χ4v) is 6.02. The van der Waals surface area contributed by atoms with E-state index in [1.165, 1.54) is 0 Å². The molecule has 1 N–H and O–H groups in total. The van der Waals surface area contributed by atoms with E-state index >= 15 is 4.39 Å². The zero-order valence-electron chi connectivity index (χ0n) is 20.0. The van der Waals surface area contributed by atoms with E-state index < -0.39 is 5.82 Å². The number of pyridine rings is 1. The van der Waals surface area contributed by atoms with Crippen molar-refractivity contribution in [3.8, 4) is 11.1 Å². The van der Waals surface area contributed by atoms with Gasteiger partial charge in [0.15, 0.2) is 5.82 Å². The van der Waals surface area contributed by atoms with Crippen LogP contribution in [0.2, 0.25) is 15.1 Å². The summed E-state index contributed by atoms with van der Waals surface area (Å²) in [7, 11) is 4.15. The number of anilines is 1. The van der Waals surface area contributed by atoms with Crippen LogP contribution in [0.15, 0.2) is 30.5 Å². The molecular formula is C26H26Cl3FN6. The predicted octanol–water partition coefficient (Wildman–Crippen LogP) is 6.03. The lowest BCUT2D eigenvalue weighted by Gasteiger charge is -2.43. The number of aromatic nitrogens is 3. The Morgan fingerprint density at radius 1 is 1.06 bits per heavy atom. The molecule has 2 aromatic heterocycles. The minimum Gasteiger partial charge on any atom is -0.353 e. The molecule has 188 valence electrons. The average Bonchev–Trinajstić information content (AvgIpc) is 3.27. The second-order valence-corrected chi connectivity index (χ2v) is 11.0. The van der Waals surface area contributed by atoms with Crippen molar-refractivity contribution in [2.24, 2.45) is 0 Å². The largest absolute Gasteiger partial charge is 0.353 e. The van der Waals surface area contributed by atoms with Gasteiger partial charge in [0.2, 0.25) is 0 Å². The van der Waals surface area contributed by atoms with Gasteiger partial charge in [0.1, 0.15) is 11.3 Å². The number of rotatable bonds is 4. The zero-order chi connectivity index (χ0) is 25.1. The Bertz CT molecular complexity index is 1470. The molecule has 2 saturated heterocycles. The van der Waals surface area contributed by atoms with Crippen LogP contribution in [0.3, 0.4) is 0 Å². The van der Waals surface area contributed by atoms with E-state index in [1.54, 1.807) is 24.3 Å². The second-order valence-electron chi connectivity index (χ2n) is 9.84. The van der Waals surface area contributed by atoms with Gasteiger partial charge in [0.05, 0.1) is 38.2 Å². The molecule has 2 aliphatic heterocycles. The van der Waals surface area contributed by atoms with E-state index in [2.05, 4.69) is 33.9 Å². The fourth-order valence-electron chi connectivity index (χ4n) is 5.33. The van der Waals surface area contributed by atoms with E-state index in [9.17, 15) is 0 Å². The number of hydrogen-bond acceptors (Lipinski definition) is 5. The molecule has 2 fully saturated rings. The SMILES string of the molecule is CN(C)C1CN(c2nc3c(F)c(-c4cccc(Cl)c4Cl)c(Cl)cc3c3c2cnn3C2CCNCC2)C1. The standard InChI is InChI=1S/C26H26Cl3FN6/c1-34(2)15-12-35(13-15)26-18-11-32-36(14-6-8-31-9-7-14)25(18)17-10-20(28)21(23(30)24(17)33-26)16-4-3-5-19(27)22(16)29/h3-5,10-11,14-15,31H,6-9,12-13H2,1-2H3. The Labute approximate surface area is 223 Å². The van der Waals surface area contributed by atoms with E-state index in [0.717, 1.165) is 55.7 Å². The topological polar surface area (TPSA) is 49.2 Å². The molecular weight excluding hydrogens is 522 g/mol. The molecule has 0 radical (unpaired) electrons. The Balaban J connectivity index is 1.61. The van der Waals surface area contributed by atoms with Crippen molar-refractivity contribution >= 4 is 62.4 Å². The second kappa shape index (κ2) is 9.30. The van der Waals surface area contributed by atoms with Crippen LogP contribution in [0.25, 0.3) is 32.9 Å². The van der Waals surface area contributed by atoms with Crippen LogP contribution < -0.4 is 10.2 Å². The van der Waals surface area contributed by atoms with Gasteiger partial charge in [0.25, 0.3) is 0 Å². The lowest BCUT2D eigenvalue weighted by Crippen LogP contribution is -2.57. The molecule has 0 atom stereocenters. The minimum absolute atomic E-state index is 0.206. The molecule has 2 aliphatic rings. The molecule has 0 saturated carbocycles. The maximum atomic E-state index is 16.4. The maximum absolute atomic E-state index is 16.4. The number of nitrogens with zero attached hydrogens (tertiary/aromatic N) is 5. The van der Waals surface area contributed by atoms with Gasteiger partial charge in [-0.25, -0.2) is 9.37 Å². The summed E-state index contributed by atoms with van der Waals surface area (Å²) >= 11 is 19.5. The van der Waals surface area contributed by atoms with Crippen LogP contribution in [-0.2, 0) is 0 Å². The van der Waals surface area contributed by atoms with E-state index in [-0.39, 0.29) is 27.2 Å². The predicted molar refractivity (Wildman–Crippen MR) is 146 cm³/mol. The Hall–Kier alpha value is -2.16. The van der Waals surface area contributed by atoms with Gasteiger partial charge in [-0.1, -0.05) is 46.9 Å². The van der Waals surface area contributed by atoms with Crippen molar-refractivity contribution in [1.82, 2.24) is 25.0 Å². The van der Waals surface area contributed by atoms with Crippen LogP contribution in [0, 0.1) is 5.82 Å². The highest BCUT2D eigenvalue weighted by Gasteiger charge is 2.33. The van der Waals surface area contributed by atoms with Crippen LogP contribution in [-0.4, -0.2) is 66.0 Å².